The molecule has 0 unspecified atom stereocenters. The molecule has 0 spiro atoms. The van der Waals surface area contributed by atoms with Crippen molar-refractivity contribution in [3.63, 3.8) is 0 Å². The Balaban J connectivity index is 2.03. The van der Waals surface area contributed by atoms with Crippen molar-refractivity contribution in [2.24, 2.45) is 0 Å². The maximum absolute atomic E-state index is 6.17. The number of fused-ring (bicyclic) bond motifs is 1. The van der Waals surface area contributed by atoms with Crippen LogP contribution in [0.4, 0.5) is 0 Å². The third kappa shape index (κ3) is 2.78. The molecule has 1 aliphatic carbocycles. The number of rotatable bonds is 2. The van der Waals surface area contributed by atoms with Gasteiger partial charge in [-0.25, -0.2) is 0 Å². The molecule has 0 bridgehead atoms. The molecule has 4 rings (SSSR count). The van der Waals surface area contributed by atoms with Crippen molar-refractivity contribution >= 4 is 23.2 Å². The minimum Gasteiger partial charge on any atom is -0.0843 e. The first-order valence-electron chi connectivity index (χ1n) is 8.72. The normalized spacial score (nSPS) is 15.6. The summed E-state index contributed by atoms with van der Waals surface area (Å²) in [4.78, 5) is 0. The van der Waals surface area contributed by atoms with Crippen LogP contribution in [-0.2, 0) is 11.8 Å². The smallest absolute Gasteiger partial charge is 0.0454 e. The summed E-state index contributed by atoms with van der Waals surface area (Å²) in [5.74, 6) is 0. The van der Waals surface area contributed by atoms with Gasteiger partial charge in [-0.1, -0.05) is 65.7 Å². The zero-order valence-electron chi connectivity index (χ0n) is 14.2. The SMILES string of the molecule is Cc1cccc2c1CCCC2(c1ccc(Cl)cc1)c1ccc(Cl)cc1. The molecule has 3 aromatic carbocycles. The fourth-order valence-electron chi connectivity index (χ4n) is 4.33. The average molecular weight is 367 g/mol. The molecular formula is C23H20Cl2. The number of benzene rings is 3. The lowest BCUT2D eigenvalue weighted by molar-refractivity contribution is 0.496. The summed E-state index contributed by atoms with van der Waals surface area (Å²) in [5, 5.41) is 1.55. The Morgan fingerprint density at radius 2 is 1.32 bits per heavy atom. The van der Waals surface area contributed by atoms with Crippen LogP contribution >= 0.6 is 23.2 Å². The fraction of sp³-hybridized carbons (Fsp3) is 0.217. The van der Waals surface area contributed by atoms with Crippen LogP contribution in [0.15, 0.2) is 66.7 Å². The monoisotopic (exact) mass is 366 g/mol. The molecule has 25 heavy (non-hydrogen) atoms. The van der Waals surface area contributed by atoms with Crippen LogP contribution in [-0.4, -0.2) is 0 Å². The molecule has 0 saturated heterocycles. The van der Waals surface area contributed by atoms with Gasteiger partial charge in [0.1, 0.15) is 0 Å². The van der Waals surface area contributed by atoms with E-state index in [1.165, 1.54) is 34.2 Å². The predicted molar refractivity (Wildman–Crippen MR) is 107 cm³/mol. The van der Waals surface area contributed by atoms with Crippen molar-refractivity contribution in [1.29, 1.82) is 0 Å². The van der Waals surface area contributed by atoms with E-state index in [2.05, 4.69) is 49.4 Å². The lowest BCUT2D eigenvalue weighted by atomic mass is 9.62. The highest BCUT2D eigenvalue weighted by Gasteiger charge is 2.40. The van der Waals surface area contributed by atoms with Crippen LogP contribution in [0.25, 0.3) is 0 Å². The minimum atomic E-state index is -0.144. The number of hydrogen-bond donors (Lipinski definition) is 0. The van der Waals surface area contributed by atoms with Crippen molar-refractivity contribution in [2.45, 2.75) is 31.6 Å². The molecule has 0 N–H and O–H groups in total. The van der Waals surface area contributed by atoms with Crippen LogP contribution in [0.5, 0.6) is 0 Å². The second-order valence-electron chi connectivity index (χ2n) is 6.87. The van der Waals surface area contributed by atoms with E-state index in [0.717, 1.165) is 22.9 Å². The van der Waals surface area contributed by atoms with Crippen molar-refractivity contribution in [3.05, 3.63) is 105 Å². The highest BCUT2D eigenvalue weighted by atomic mass is 35.5. The van der Waals surface area contributed by atoms with E-state index in [0.29, 0.717) is 0 Å². The molecule has 0 amide bonds. The Morgan fingerprint density at radius 3 is 1.88 bits per heavy atom. The standard InChI is InChI=1S/C23H20Cl2/c1-16-4-2-6-22-21(16)5-3-15-23(22,17-7-11-19(24)12-8-17)18-9-13-20(25)14-10-18/h2,4,6-14H,3,5,15H2,1H3. The van der Waals surface area contributed by atoms with Gasteiger partial charge >= 0.3 is 0 Å². The summed E-state index contributed by atoms with van der Waals surface area (Å²) >= 11 is 12.3. The Labute approximate surface area is 159 Å². The zero-order chi connectivity index (χ0) is 17.4. The first kappa shape index (κ1) is 16.7. The molecule has 1 aliphatic rings. The van der Waals surface area contributed by atoms with Crippen molar-refractivity contribution < 1.29 is 0 Å². The van der Waals surface area contributed by atoms with Gasteiger partial charge < -0.3 is 0 Å². The molecule has 0 heterocycles. The predicted octanol–water partition coefficient (Wildman–Crippen LogP) is 6.97. The van der Waals surface area contributed by atoms with Crippen molar-refractivity contribution in [3.8, 4) is 0 Å². The van der Waals surface area contributed by atoms with Crippen molar-refractivity contribution in [1.82, 2.24) is 0 Å². The zero-order valence-corrected chi connectivity index (χ0v) is 15.7. The fourth-order valence-corrected chi connectivity index (χ4v) is 4.59. The van der Waals surface area contributed by atoms with Gasteiger partial charge in [0.05, 0.1) is 0 Å². The van der Waals surface area contributed by atoms with E-state index in [9.17, 15) is 0 Å². The van der Waals surface area contributed by atoms with Crippen LogP contribution in [0.3, 0.4) is 0 Å². The van der Waals surface area contributed by atoms with Gasteiger partial charge in [-0.15, -0.1) is 0 Å². The molecule has 0 atom stereocenters. The molecule has 0 aliphatic heterocycles. The summed E-state index contributed by atoms with van der Waals surface area (Å²) in [6.45, 7) is 2.22. The second-order valence-corrected chi connectivity index (χ2v) is 7.75. The van der Waals surface area contributed by atoms with Gasteiger partial charge in [-0.3, -0.25) is 0 Å². The molecule has 0 aromatic heterocycles. The quantitative estimate of drug-likeness (QED) is 0.459. The lowest BCUT2D eigenvalue weighted by Gasteiger charge is -2.41. The van der Waals surface area contributed by atoms with Gasteiger partial charge in [-0.2, -0.15) is 0 Å². The van der Waals surface area contributed by atoms with Crippen LogP contribution in [0, 0.1) is 6.92 Å². The second kappa shape index (κ2) is 6.52. The first-order chi connectivity index (χ1) is 12.1. The lowest BCUT2D eigenvalue weighted by Crippen LogP contribution is -2.34. The molecule has 0 nitrogen and oxygen atoms in total. The van der Waals surface area contributed by atoms with Gasteiger partial charge in [0.15, 0.2) is 0 Å². The molecule has 0 saturated carbocycles. The number of halogens is 2. The Morgan fingerprint density at radius 1 is 0.760 bits per heavy atom. The molecule has 3 aromatic rings. The van der Waals surface area contributed by atoms with E-state index in [1.54, 1.807) is 0 Å². The van der Waals surface area contributed by atoms with Crippen LogP contribution < -0.4 is 0 Å². The van der Waals surface area contributed by atoms with E-state index < -0.39 is 0 Å². The summed E-state index contributed by atoms with van der Waals surface area (Å²) in [7, 11) is 0. The van der Waals surface area contributed by atoms with Gasteiger partial charge in [0, 0.05) is 15.5 Å². The third-order valence-corrected chi connectivity index (χ3v) is 6.03. The van der Waals surface area contributed by atoms with Gasteiger partial charge in [0.25, 0.3) is 0 Å². The van der Waals surface area contributed by atoms with Crippen LogP contribution in [0.2, 0.25) is 10.0 Å². The third-order valence-electron chi connectivity index (χ3n) is 5.52. The maximum Gasteiger partial charge on any atom is 0.0454 e. The molecule has 0 fully saturated rings. The highest BCUT2D eigenvalue weighted by Crippen LogP contribution is 2.48. The van der Waals surface area contributed by atoms with Gasteiger partial charge in [0.2, 0.25) is 0 Å². The van der Waals surface area contributed by atoms with Crippen molar-refractivity contribution in [2.75, 3.05) is 0 Å². The number of hydrogen-bond acceptors (Lipinski definition) is 0. The van der Waals surface area contributed by atoms with Crippen LogP contribution in [0.1, 0.15) is 40.7 Å². The first-order valence-corrected chi connectivity index (χ1v) is 9.48. The van der Waals surface area contributed by atoms with Gasteiger partial charge in [-0.05, 0) is 78.3 Å². The molecule has 126 valence electrons. The minimum absolute atomic E-state index is 0.144. The van der Waals surface area contributed by atoms with E-state index >= 15 is 0 Å². The summed E-state index contributed by atoms with van der Waals surface area (Å²) in [5.41, 5.74) is 6.73. The van der Waals surface area contributed by atoms with E-state index in [1.807, 2.05) is 24.3 Å². The maximum atomic E-state index is 6.17. The largest absolute Gasteiger partial charge is 0.0843 e. The van der Waals surface area contributed by atoms with E-state index in [4.69, 9.17) is 23.2 Å². The molecular weight excluding hydrogens is 347 g/mol. The number of aryl methyl sites for hydroxylation is 1. The Bertz CT molecular complexity index is 847. The molecule has 2 heteroatoms. The average Bonchev–Trinajstić information content (AvgIpc) is 2.63. The summed E-state index contributed by atoms with van der Waals surface area (Å²) in [6, 6.07) is 23.4. The Hall–Kier alpha value is -1.76. The van der Waals surface area contributed by atoms with E-state index in [-0.39, 0.29) is 5.41 Å². The topological polar surface area (TPSA) is 0 Å². The summed E-state index contributed by atoms with van der Waals surface area (Å²) < 4.78 is 0. The Kier molecular flexibility index (Phi) is 4.35. The highest BCUT2D eigenvalue weighted by molar-refractivity contribution is 6.30. The summed E-state index contributed by atoms with van der Waals surface area (Å²) in [6.07, 6.45) is 3.40. The molecule has 0 radical (unpaired) electrons.